The fourth-order valence-corrected chi connectivity index (χ4v) is 4.19. The van der Waals surface area contributed by atoms with Crippen LogP contribution in [-0.2, 0) is 6.42 Å². The number of fused-ring (bicyclic) bond motifs is 1. The predicted molar refractivity (Wildman–Crippen MR) is 96.0 cm³/mol. The lowest BCUT2D eigenvalue weighted by molar-refractivity contribution is 0.424. The minimum absolute atomic E-state index is 0.217. The van der Waals surface area contributed by atoms with E-state index in [-0.39, 0.29) is 6.04 Å². The summed E-state index contributed by atoms with van der Waals surface area (Å²) in [6.07, 6.45) is 4.83. The molecule has 1 aliphatic carbocycles. The summed E-state index contributed by atoms with van der Waals surface area (Å²) >= 11 is 2.40. The molecule has 2 atom stereocenters. The maximum Gasteiger partial charge on any atom is 0.0476 e. The van der Waals surface area contributed by atoms with E-state index in [1.54, 1.807) is 0 Å². The number of rotatable bonds is 4. The van der Waals surface area contributed by atoms with Gasteiger partial charge in [-0.25, -0.2) is 0 Å². The van der Waals surface area contributed by atoms with Crippen molar-refractivity contribution >= 4 is 22.6 Å². The van der Waals surface area contributed by atoms with Gasteiger partial charge in [0.1, 0.15) is 0 Å². The highest BCUT2D eigenvalue weighted by Gasteiger charge is 2.24. The molecule has 0 spiro atoms. The molecule has 0 aliphatic heterocycles. The van der Waals surface area contributed by atoms with Gasteiger partial charge < -0.3 is 0 Å². The third kappa shape index (κ3) is 3.30. The molecule has 1 aliphatic rings. The van der Waals surface area contributed by atoms with Crippen molar-refractivity contribution in [2.75, 3.05) is 0 Å². The molecular weight excluding hydrogens is 371 g/mol. The molecule has 2 aromatic rings. The number of nitrogens with one attached hydrogen (secondary N) is 1. The molecule has 21 heavy (non-hydrogen) atoms. The molecule has 0 fully saturated rings. The quantitative estimate of drug-likeness (QED) is 0.463. The van der Waals surface area contributed by atoms with E-state index in [1.807, 2.05) is 0 Å². The molecule has 2 aromatic carbocycles. The third-order valence-electron chi connectivity index (χ3n) is 4.50. The van der Waals surface area contributed by atoms with Crippen LogP contribution < -0.4 is 11.3 Å². The van der Waals surface area contributed by atoms with Crippen LogP contribution in [0.3, 0.4) is 0 Å². The summed E-state index contributed by atoms with van der Waals surface area (Å²) in [6.45, 7) is 0. The number of hydrogen-bond donors (Lipinski definition) is 2. The van der Waals surface area contributed by atoms with E-state index in [4.69, 9.17) is 5.84 Å². The lowest BCUT2D eigenvalue weighted by atomic mass is 9.79. The zero-order valence-electron chi connectivity index (χ0n) is 12.1. The van der Waals surface area contributed by atoms with Gasteiger partial charge in [-0.05, 0) is 76.9 Å². The summed E-state index contributed by atoms with van der Waals surface area (Å²) in [5, 5.41) is 0. The average molecular weight is 392 g/mol. The molecule has 2 nitrogen and oxygen atoms in total. The second kappa shape index (κ2) is 6.90. The lowest BCUT2D eigenvalue weighted by Gasteiger charge is -2.29. The van der Waals surface area contributed by atoms with Crippen LogP contribution >= 0.6 is 22.6 Å². The molecule has 3 N–H and O–H groups in total. The smallest absolute Gasteiger partial charge is 0.0476 e. The highest BCUT2D eigenvalue weighted by atomic mass is 127. The number of halogens is 1. The van der Waals surface area contributed by atoms with E-state index in [2.05, 4.69) is 76.5 Å². The van der Waals surface area contributed by atoms with Crippen molar-refractivity contribution in [2.45, 2.75) is 37.6 Å². The summed E-state index contributed by atoms with van der Waals surface area (Å²) < 4.78 is 1.28. The Bertz CT molecular complexity index is 612. The summed E-state index contributed by atoms with van der Waals surface area (Å²) in [5.41, 5.74) is 7.39. The van der Waals surface area contributed by atoms with Gasteiger partial charge in [0.15, 0.2) is 0 Å². The normalized spacial score (nSPS) is 19.0. The van der Waals surface area contributed by atoms with Crippen LogP contribution in [0, 0.1) is 3.57 Å². The van der Waals surface area contributed by atoms with E-state index in [1.165, 1.54) is 39.5 Å². The van der Waals surface area contributed by atoms with Gasteiger partial charge in [0, 0.05) is 9.61 Å². The van der Waals surface area contributed by atoms with Gasteiger partial charge in [0.25, 0.3) is 0 Å². The fourth-order valence-electron chi connectivity index (χ4n) is 3.43. The van der Waals surface area contributed by atoms with Gasteiger partial charge in [-0.1, -0.05) is 42.5 Å². The van der Waals surface area contributed by atoms with Crippen molar-refractivity contribution in [1.82, 2.24) is 5.43 Å². The van der Waals surface area contributed by atoms with Gasteiger partial charge in [-0.15, -0.1) is 0 Å². The summed E-state index contributed by atoms with van der Waals surface area (Å²) in [7, 11) is 0. The Labute approximate surface area is 140 Å². The van der Waals surface area contributed by atoms with E-state index >= 15 is 0 Å². The molecule has 0 amide bonds. The Kier molecular flexibility index (Phi) is 4.93. The second-order valence-corrected chi connectivity index (χ2v) is 6.93. The van der Waals surface area contributed by atoms with E-state index in [9.17, 15) is 0 Å². The van der Waals surface area contributed by atoms with Crippen molar-refractivity contribution in [3.8, 4) is 0 Å². The van der Waals surface area contributed by atoms with Crippen LogP contribution in [0.2, 0.25) is 0 Å². The topological polar surface area (TPSA) is 38.0 Å². The Morgan fingerprint density at radius 3 is 2.71 bits per heavy atom. The van der Waals surface area contributed by atoms with Crippen LogP contribution in [0.1, 0.15) is 47.9 Å². The van der Waals surface area contributed by atoms with Gasteiger partial charge in [-0.3, -0.25) is 11.3 Å². The first-order chi connectivity index (χ1) is 10.3. The first-order valence-corrected chi connectivity index (χ1v) is 8.66. The van der Waals surface area contributed by atoms with E-state index in [0.717, 1.165) is 6.42 Å². The molecule has 0 bridgehead atoms. The summed E-state index contributed by atoms with van der Waals surface area (Å²) in [6, 6.07) is 17.6. The van der Waals surface area contributed by atoms with Crippen molar-refractivity contribution < 1.29 is 0 Å². The number of aryl methyl sites for hydroxylation is 1. The molecule has 0 radical (unpaired) electrons. The Morgan fingerprint density at radius 1 is 1.14 bits per heavy atom. The largest absolute Gasteiger partial charge is 0.271 e. The molecule has 0 saturated carbocycles. The lowest BCUT2D eigenvalue weighted by Crippen LogP contribution is -2.30. The number of hydrogen-bond acceptors (Lipinski definition) is 2. The molecule has 0 aromatic heterocycles. The molecule has 0 heterocycles. The fraction of sp³-hybridized carbons (Fsp3) is 0.333. The van der Waals surface area contributed by atoms with Gasteiger partial charge >= 0.3 is 0 Å². The van der Waals surface area contributed by atoms with Crippen molar-refractivity contribution in [1.29, 1.82) is 0 Å². The Morgan fingerprint density at radius 2 is 1.90 bits per heavy atom. The number of nitrogens with two attached hydrogens (primary N) is 1. The van der Waals surface area contributed by atoms with Gasteiger partial charge in [0.05, 0.1) is 0 Å². The minimum Gasteiger partial charge on any atom is -0.271 e. The standard InChI is InChI=1S/C18H21IN2/c19-17-11-4-3-10-16(17)18(21-20)12-14-8-5-7-13-6-1-2-9-15(13)14/h1-4,6,9-11,14,18,21H,5,7-8,12,20H2. The predicted octanol–water partition coefficient (Wildman–Crippen LogP) is 4.31. The van der Waals surface area contributed by atoms with Crippen molar-refractivity contribution in [2.24, 2.45) is 5.84 Å². The molecule has 3 heteroatoms. The van der Waals surface area contributed by atoms with Crippen molar-refractivity contribution in [3.63, 3.8) is 0 Å². The van der Waals surface area contributed by atoms with Crippen LogP contribution in [0.5, 0.6) is 0 Å². The number of hydrazine groups is 1. The highest BCUT2D eigenvalue weighted by molar-refractivity contribution is 14.1. The van der Waals surface area contributed by atoms with E-state index in [0.29, 0.717) is 5.92 Å². The van der Waals surface area contributed by atoms with Crippen LogP contribution in [0.25, 0.3) is 0 Å². The zero-order valence-corrected chi connectivity index (χ0v) is 14.2. The first-order valence-electron chi connectivity index (χ1n) is 7.58. The average Bonchev–Trinajstić information content (AvgIpc) is 2.53. The van der Waals surface area contributed by atoms with Gasteiger partial charge in [-0.2, -0.15) is 0 Å². The first kappa shape index (κ1) is 15.0. The third-order valence-corrected chi connectivity index (χ3v) is 5.48. The maximum atomic E-state index is 5.86. The van der Waals surface area contributed by atoms with Gasteiger partial charge in [0.2, 0.25) is 0 Å². The molecule has 2 unspecified atom stereocenters. The minimum atomic E-state index is 0.217. The Hall–Kier alpha value is -0.910. The molecule has 110 valence electrons. The van der Waals surface area contributed by atoms with E-state index < -0.39 is 0 Å². The summed E-state index contributed by atoms with van der Waals surface area (Å²) in [4.78, 5) is 0. The highest BCUT2D eigenvalue weighted by Crippen LogP contribution is 2.38. The van der Waals surface area contributed by atoms with Crippen molar-refractivity contribution in [3.05, 3.63) is 68.8 Å². The molecular formula is C18H21IN2. The Balaban J connectivity index is 1.84. The zero-order chi connectivity index (χ0) is 14.7. The molecule has 3 rings (SSSR count). The van der Waals surface area contributed by atoms with Crippen LogP contribution in [0.4, 0.5) is 0 Å². The maximum absolute atomic E-state index is 5.86. The SMILES string of the molecule is NNC(CC1CCCc2ccccc21)c1ccccc1I. The van der Waals surface area contributed by atoms with Crippen LogP contribution in [-0.4, -0.2) is 0 Å². The summed E-state index contributed by atoms with van der Waals surface area (Å²) in [5.74, 6) is 6.46. The second-order valence-electron chi connectivity index (χ2n) is 5.76. The van der Waals surface area contributed by atoms with Crippen LogP contribution in [0.15, 0.2) is 48.5 Å². The monoisotopic (exact) mass is 392 g/mol. The molecule has 0 saturated heterocycles. The number of benzene rings is 2.